The van der Waals surface area contributed by atoms with Crippen LogP contribution in [0.3, 0.4) is 0 Å². The summed E-state index contributed by atoms with van der Waals surface area (Å²) in [5.74, 6) is 0. The molecule has 0 spiro atoms. The van der Waals surface area contributed by atoms with E-state index in [-0.39, 0.29) is 7.43 Å². The van der Waals surface area contributed by atoms with Gasteiger partial charge in [0.1, 0.15) is 0 Å². The van der Waals surface area contributed by atoms with Crippen molar-refractivity contribution in [1.82, 2.24) is 0 Å². The van der Waals surface area contributed by atoms with Crippen molar-refractivity contribution in [2.45, 2.75) is 27.2 Å². The van der Waals surface area contributed by atoms with Crippen molar-refractivity contribution in [1.29, 1.82) is 0 Å². The van der Waals surface area contributed by atoms with E-state index in [0.717, 1.165) is 18.5 Å². The minimum atomic E-state index is 0. The molecule has 0 aromatic rings. The molecule has 1 nitrogen and oxygen atoms in total. The second-order valence-electron chi connectivity index (χ2n) is 2.21. The maximum absolute atomic E-state index is 5.55. The lowest BCUT2D eigenvalue weighted by Crippen LogP contribution is -1.99. The van der Waals surface area contributed by atoms with Crippen LogP contribution in [0.2, 0.25) is 0 Å². The molecule has 0 unspecified atom stereocenters. The van der Waals surface area contributed by atoms with Crippen molar-refractivity contribution < 1.29 is 0 Å². The first kappa shape index (κ1) is 8.28. The average molecular weight is 125 g/mol. The van der Waals surface area contributed by atoms with Gasteiger partial charge in [-0.2, -0.15) is 0 Å². The predicted molar refractivity (Wildman–Crippen MR) is 42.0 cm³/mol. The largest absolute Gasteiger partial charge is 0.402 e. The third-order valence-electron chi connectivity index (χ3n) is 1.31. The molecule has 0 amide bonds. The van der Waals surface area contributed by atoms with Gasteiger partial charge in [0.15, 0.2) is 0 Å². The van der Waals surface area contributed by atoms with Gasteiger partial charge < -0.3 is 5.73 Å². The molecule has 1 aliphatic rings. The third kappa shape index (κ3) is 2.36. The van der Waals surface area contributed by atoms with Crippen LogP contribution >= 0.6 is 0 Å². The fourth-order valence-electron chi connectivity index (χ4n) is 0.890. The molecule has 0 saturated carbocycles. The second-order valence-corrected chi connectivity index (χ2v) is 2.21. The van der Waals surface area contributed by atoms with E-state index in [4.69, 9.17) is 5.73 Å². The van der Waals surface area contributed by atoms with E-state index in [0.29, 0.717) is 0 Å². The Kier molecular flexibility index (Phi) is 3.07. The summed E-state index contributed by atoms with van der Waals surface area (Å²) in [4.78, 5) is 0. The lowest BCUT2D eigenvalue weighted by Gasteiger charge is -2.04. The molecular formula is C8H15N. The third-order valence-corrected chi connectivity index (χ3v) is 1.31. The van der Waals surface area contributed by atoms with Crippen molar-refractivity contribution in [3.8, 4) is 0 Å². The monoisotopic (exact) mass is 125 g/mol. The van der Waals surface area contributed by atoms with E-state index in [1.807, 2.05) is 6.08 Å². The van der Waals surface area contributed by atoms with Gasteiger partial charge in [-0.25, -0.2) is 0 Å². The Morgan fingerprint density at radius 2 is 2.22 bits per heavy atom. The van der Waals surface area contributed by atoms with Gasteiger partial charge >= 0.3 is 0 Å². The molecule has 0 aliphatic heterocycles. The highest BCUT2D eigenvalue weighted by molar-refractivity contribution is 5.23. The van der Waals surface area contributed by atoms with Crippen molar-refractivity contribution in [2.75, 3.05) is 0 Å². The van der Waals surface area contributed by atoms with E-state index >= 15 is 0 Å². The zero-order valence-electron chi connectivity index (χ0n) is 5.15. The number of allylic oxidation sites excluding steroid dienone is 4. The van der Waals surface area contributed by atoms with Crippen LogP contribution in [-0.4, -0.2) is 0 Å². The first-order valence-corrected chi connectivity index (χ1v) is 2.92. The van der Waals surface area contributed by atoms with Gasteiger partial charge in [0, 0.05) is 5.70 Å². The van der Waals surface area contributed by atoms with Gasteiger partial charge in [-0.05, 0) is 25.8 Å². The molecule has 9 heavy (non-hydrogen) atoms. The van der Waals surface area contributed by atoms with E-state index < -0.39 is 0 Å². The Hall–Kier alpha value is -0.720. The quantitative estimate of drug-likeness (QED) is 0.527. The Morgan fingerprint density at radius 3 is 2.56 bits per heavy atom. The van der Waals surface area contributed by atoms with Crippen molar-refractivity contribution in [3.05, 3.63) is 23.4 Å². The van der Waals surface area contributed by atoms with Gasteiger partial charge in [-0.3, -0.25) is 0 Å². The summed E-state index contributed by atoms with van der Waals surface area (Å²) in [6.45, 7) is 2.08. The van der Waals surface area contributed by atoms with E-state index in [9.17, 15) is 0 Å². The minimum Gasteiger partial charge on any atom is -0.402 e. The normalized spacial score (nSPS) is 17.4. The molecule has 0 saturated heterocycles. The summed E-state index contributed by atoms with van der Waals surface area (Å²) in [7, 11) is 0. The highest BCUT2D eigenvalue weighted by Crippen LogP contribution is 2.11. The summed E-state index contributed by atoms with van der Waals surface area (Å²) in [6, 6.07) is 0. The number of hydrogen-bond acceptors (Lipinski definition) is 1. The van der Waals surface area contributed by atoms with Crippen LogP contribution in [0.5, 0.6) is 0 Å². The molecule has 1 rings (SSSR count). The zero-order valence-corrected chi connectivity index (χ0v) is 5.15. The molecule has 1 heteroatoms. The van der Waals surface area contributed by atoms with Crippen molar-refractivity contribution in [3.63, 3.8) is 0 Å². The first-order valence-electron chi connectivity index (χ1n) is 2.92. The highest BCUT2D eigenvalue weighted by atomic mass is 14.6. The Balaban J connectivity index is 0.000000640. The lowest BCUT2D eigenvalue weighted by molar-refractivity contribution is 0.929. The summed E-state index contributed by atoms with van der Waals surface area (Å²) in [5.41, 5.74) is 7.86. The van der Waals surface area contributed by atoms with Crippen LogP contribution < -0.4 is 5.73 Å². The fourth-order valence-corrected chi connectivity index (χ4v) is 0.890. The maximum Gasteiger partial charge on any atom is 0.00861 e. The molecule has 1 aliphatic carbocycles. The van der Waals surface area contributed by atoms with Crippen LogP contribution in [0.25, 0.3) is 0 Å². The van der Waals surface area contributed by atoms with Gasteiger partial charge in [-0.15, -0.1) is 0 Å². The summed E-state index contributed by atoms with van der Waals surface area (Å²) in [6.07, 6.45) is 6.39. The van der Waals surface area contributed by atoms with Gasteiger partial charge in [0.25, 0.3) is 0 Å². The van der Waals surface area contributed by atoms with Gasteiger partial charge in [0.05, 0.1) is 0 Å². The molecule has 0 atom stereocenters. The van der Waals surface area contributed by atoms with Gasteiger partial charge in [-0.1, -0.05) is 19.1 Å². The van der Waals surface area contributed by atoms with Crippen LogP contribution in [0, 0.1) is 0 Å². The van der Waals surface area contributed by atoms with Crippen LogP contribution in [0.1, 0.15) is 27.2 Å². The van der Waals surface area contributed by atoms with E-state index in [1.165, 1.54) is 5.57 Å². The Morgan fingerprint density at radius 1 is 1.56 bits per heavy atom. The molecular weight excluding hydrogens is 110 g/mol. The van der Waals surface area contributed by atoms with Crippen LogP contribution in [-0.2, 0) is 0 Å². The number of nitrogens with two attached hydrogens (primary N) is 1. The molecule has 2 N–H and O–H groups in total. The maximum atomic E-state index is 5.55. The second kappa shape index (κ2) is 3.33. The summed E-state index contributed by atoms with van der Waals surface area (Å²) >= 11 is 0. The molecule has 0 aromatic carbocycles. The van der Waals surface area contributed by atoms with Gasteiger partial charge in [0.2, 0.25) is 0 Å². The number of hydrogen-bond donors (Lipinski definition) is 1. The van der Waals surface area contributed by atoms with Crippen molar-refractivity contribution in [2.24, 2.45) is 5.73 Å². The molecule has 52 valence electrons. The first-order chi connectivity index (χ1) is 3.79. The predicted octanol–water partition coefficient (Wildman–Crippen LogP) is 2.21. The van der Waals surface area contributed by atoms with E-state index in [1.54, 1.807) is 0 Å². The smallest absolute Gasteiger partial charge is 0.00861 e. The minimum absolute atomic E-state index is 0. The Labute approximate surface area is 57.3 Å². The van der Waals surface area contributed by atoms with Crippen LogP contribution in [0.15, 0.2) is 23.4 Å². The molecule has 0 aromatic heterocycles. The topological polar surface area (TPSA) is 26.0 Å². The lowest BCUT2D eigenvalue weighted by atomic mass is 10.1. The molecule has 0 heterocycles. The summed E-state index contributed by atoms with van der Waals surface area (Å²) < 4.78 is 0. The molecule has 0 radical (unpaired) electrons. The zero-order chi connectivity index (χ0) is 5.98. The summed E-state index contributed by atoms with van der Waals surface area (Å²) in [5, 5.41) is 0. The number of rotatable bonds is 0. The average Bonchev–Trinajstić information content (AvgIpc) is 1.64. The standard InChI is InChI=1S/C7H11N.CH4/c1-6-3-2-4-7(8)5-6;/h3,5H,2,4,8H2,1H3;1H4. The SMILES string of the molecule is C.CC1=CCCC(N)=C1. The Bertz CT molecular complexity index is 143. The van der Waals surface area contributed by atoms with Crippen LogP contribution in [0.4, 0.5) is 0 Å². The highest BCUT2D eigenvalue weighted by Gasteiger charge is 1.95. The molecule has 0 fully saturated rings. The van der Waals surface area contributed by atoms with E-state index in [2.05, 4.69) is 13.0 Å². The fraction of sp³-hybridized carbons (Fsp3) is 0.500. The van der Waals surface area contributed by atoms with Crippen molar-refractivity contribution >= 4 is 0 Å². The molecule has 0 bridgehead atoms.